The van der Waals surface area contributed by atoms with Gasteiger partial charge in [0.25, 0.3) is 5.56 Å². The number of hydrogen-bond acceptors (Lipinski definition) is 4. The second kappa shape index (κ2) is 7.52. The highest BCUT2D eigenvalue weighted by Crippen LogP contribution is 2.42. The largest absolute Gasteiger partial charge is 0.507 e. The number of thiophene rings is 1. The van der Waals surface area contributed by atoms with E-state index in [1.807, 2.05) is 42.8 Å². The quantitative estimate of drug-likeness (QED) is 0.411. The maximum atomic E-state index is 12.3. The summed E-state index contributed by atoms with van der Waals surface area (Å²) in [7, 11) is 1.92. The first-order valence-corrected chi connectivity index (χ1v) is 9.49. The van der Waals surface area contributed by atoms with Crippen molar-refractivity contribution in [2.24, 2.45) is 0 Å². The standard InChI is InChI=1S/C20H17ClN2O2S.ClH/c1-10(22-2)11-3-5-12(6-4-11)16-15(24)9-14(21)18-17(16)13-7-8-26-19(13)20(25)23-18;/h3-10,22,24H,1-2H3,(H,23,25);1H/t10-;/m1./s1. The number of H-pyrrole nitrogens is 1. The Balaban J connectivity index is 0.00000210. The van der Waals surface area contributed by atoms with Crippen molar-refractivity contribution in [2.75, 3.05) is 7.05 Å². The Bertz CT molecular complexity index is 1180. The van der Waals surface area contributed by atoms with Gasteiger partial charge in [-0.25, -0.2) is 0 Å². The third-order valence-electron chi connectivity index (χ3n) is 4.77. The summed E-state index contributed by atoms with van der Waals surface area (Å²) in [6, 6.07) is 11.6. The Morgan fingerprint density at radius 3 is 2.59 bits per heavy atom. The summed E-state index contributed by atoms with van der Waals surface area (Å²) in [5.41, 5.74) is 3.08. The van der Waals surface area contributed by atoms with Crippen molar-refractivity contribution in [3.05, 3.63) is 62.7 Å². The molecule has 0 radical (unpaired) electrons. The van der Waals surface area contributed by atoms with Gasteiger partial charge in [0.05, 0.1) is 10.5 Å². The smallest absolute Gasteiger partial charge is 0.266 e. The van der Waals surface area contributed by atoms with Crippen molar-refractivity contribution in [2.45, 2.75) is 13.0 Å². The summed E-state index contributed by atoms with van der Waals surface area (Å²) in [5, 5.41) is 17.6. The summed E-state index contributed by atoms with van der Waals surface area (Å²) in [4.78, 5) is 15.2. The van der Waals surface area contributed by atoms with Gasteiger partial charge in [-0.3, -0.25) is 4.79 Å². The van der Waals surface area contributed by atoms with Crippen molar-refractivity contribution >= 4 is 56.3 Å². The van der Waals surface area contributed by atoms with Crippen molar-refractivity contribution in [3.63, 3.8) is 0 Å². The van der Waals surface area contributed by atoms with Gasteiger partial charge in [0.15, 0.2) is 0 Å². The first-order chi connectivity index (χ1) is 12.5. The Morgan fingerprint density at radius 2 is 1.93 bits per heavy atom. The number of nitrogens with one attached hydrogen (secondary N) is 2. The zero-order valence-corrected chi connectivity index (χ0v) is 17.1. The van der Waals surface area contributed by atoms with Crippen LogP contribution < -0.4 is 10.9 Å². The van der Waals surface area contributed by atoms with Crippen molar-refractivity contribution < 1.29 is 5.11 Å². The molecule has 2 aromatic carbocycles. The Kier molecular flexibility index (Phi) is 5.49. The molecule has 4 nitrogen and oxygen atoms in total. The van der Waals surface area contributed by atoms with E-state index in [0.29, 0.717) is 20.8 Å². The number of halogens is 2. The number of rotatable bonds is 3. The molecule has 2 aromatic heterocycles. The molecule has 0 aliphatic heterocycles. The highest BCUT2D eigenvalue weighted by molar-refractivity contribution is 7.17. The number of aromatic amines is 1. The summed E-state index contributed by atoms with van der Waals surface area (Å²) < 4.78 is 0.626. The Labute approximate surface area is 171 Å². The molecule has 2 heterocycles. The van der Waals surface area contributed by atoms with Crippen LogP contribution in [0.2, 0.25) is 5.02 Å². The molecule has 0 spiro atoms. The molecular weight excluding hydrogens is 403 g/mol. The van der Waals surface area contributed by atoms with Gasteiger partial charge in [-0.1, -0.05) is 35.9 Å². The lowest BCUT2D eigenvalue weighted by atomic mass is 9.95. The van der Waals surface area contributed by atoms with E-state index in [1.54, 1.807) is 0 Å². The van der Waals surface area contributed by atoms with Crippen molar-refractivity contribution in [1.29, 1.82) is 0 Å². The molecule has 140 valence electrons. The number of benzene rings is 2. The topological polar surface area (TPSA) is 65.1 Å². The van der Waals surface area contributed by atoms with E-state index in [1.165, 1.54) is 17.4 Å². The number of phenols is 1. The number of aromatic hydroxyl groups is 1. The van der Waals surface area contributed by atoms with E-state index in [9.17, 15) is 9.90 Å². The third kappa shape index (κ3) is 3.21. The van der Waals surface area contributed by atoms with Gasteiger partial charge in [-0.05, 0) is 36.5 Å². The number of phenolic OH excluding ortho intramolecular Hbond substituents is 1. The number of aromatic nitrogens is 1. The van der Waals surface area contributed by atoms with Crippen LogP contribution in [0, 0.1) is 0 Å². The summed E-state index contributed by atoms with van der Waals surface area (Å²) in [6.45, 7) is 2.09. The highest BCUT2D eigenvalue weighted by atomic mass is 35.5. The first-order valence-electron chi connectivity index (χ1n) is 8.23. The first kappa shape index (κ1) is 19.7. The van der Waals surface area contributed by atoms with Crippen LogP contribution in [0.3, 0.4) is 0 Å². The lowest BCUT2D eigenvalue weighted by Crippen LogP contribution is -2.11. The van der Waals surface area contributed by atoms with Crippen LogP contribution >= 0.6 is 35.3 Å². The van der Waals surface area contributed by atoms with E-state index in [4.69, 9.17) is 11.6 Å². The fourth-order valence-corrected chi connectivity index (χ4v) is 4.32. The van der Waals surface area contributed by atoms with Gasteiger partial charge in [0.2, 0.25) is 0 Å². The molecule has 0 amide bonds. The molecule has 0 fully saturated rings. The molecule has 0 unspecified atom stereocenters. The predicted octanol–water partition coefficient (Wildman–Crippen LogP) is 5.47. The van der Waals surface area contributed by atoms with E-state index in [0.717, 1.165) is 21.9 Å². The second-order valence-electron chi connectivity index (χ2n) is 6.25. The van der Waals surface area contributed by atoms with Crippen LogP contribution in [0.25, 0.3) is 32.1 Å². The minimum absolute atomic E-state index is 0. The lowest BCUT2D eigenvalue weighted by Gasteiger charge is -2.14. The van der Waals surface area contributed by atoms with E-state index in [-0.39, 0.29) is 29.8 Å². The van der Waals surface area contributed by atoms with E-state index < -0.39 is 0 Å². The number of pyridine rings is 1. The molecule has 0 aliphatic rings. The average Bonchev–Trinajstić information content (AvgIpc) is 3.13. The SMILES string of the molecule is CN[C@H](C)c1ccc(-c2c(O)cc(Cl)c3[nH]c(=O)c4sccc4c23)cc1.Cl. The Hall–Kier alpha value is -2.05. The van der Waals surface area contributed by atoms with E-state index in [2.05, 4.69) is 17.2 Å². The van der Waals surface area contributed by atoms with Crippen LogP contribution in [0.4, 0.5) is 0 Å². The van der Waals surface area contributed by atoms with Gasteiger partial charge in [-0.15, -0.1) is 23.7 Å². The fraction of sp³-hybridized carbons (Fsp3) is 0.150. The Morgan fingerprint density at radius 1 is 1.22 bits per heavy atom. The molecule has 1 atom stereocenters. The summed E-state index contributed by atoms with van der Waals surface area (Å²) in [6.07, 6.45) is 0. The van der Waals surface area contributed by atoms with Crippen LogP contribution in [0.15, 0.2) is 46.6 Å². The lowest BCUT2D eigenvalue weighted by molar-refractivity contribution is 0.478. The number of fused-ring (bicyclic) bond motifs is 3. The van der Waals surface area contributed by atoms with Crippen LogP contribution in [0.1, 0.15) is 18.5 Å². The molecule has 0 aliphatic carbocycles. The minimum Gasteiger partial charge on any atom is -0.507 e. The monoisotopic (exact) mass is 420 g/mol. The zero-order valence-electron chi connectivity index (χ0n) is 14.7. The molecule has 3 N–H and O–H groups in total. The zero-order chi connectivity index (χ0) is 18.4. The molecular formula is C20H18Cl2N2O2S. The van der Waals surface area contributed by atoms with Gasteiger partial charge >= 0.3 is 0 Å². The van der Waals surface area contributed by atoms with Gasteiger partial charge in [0, 0.05) is 28.4 Å². The molecule has 27 heavy (non-hydrogen) atoms. The van der Waals surface area contributed by atoms with Crippen LogP contribution in [-0.4, -0.2) is 17.1 Å². The molecule has 0 saturated carbocycles. The molecule has 4 rings (SSSR count). The van der Waals surface area contributed by atoms with Crippen LogP contribution in [0.5, 0.6) is 5.75 Å². The summed E-state index contributed by atoms with van der Waals surface area (Å²) >= 11 is 7.69. The molecule has 0 bridgehead atoms. The van der Waals surface area contributed by atoms with Gasteiger partial charge in [-0.2, -0.15) is 0 Å². The maximum Gasteiger partial charge on any atom is 0.266 e. The fourth-order valence-electron chi connectivity index (χ4n) is 3.28. The van der Waals surface area contributed by atoms with Crippen molar-refractivity contribution in [1.82, 2.24) is 10.3 Å². The van der Waals surface area contributed by atoms with Crippen molar-refractivity contribution in [3.8, 4) is 16.9 Å². The maximum absolute atomic E-state index is 12.3. The third-order valence-corrected chi connectivity index (χ3v) is 5.98. The molecule has 0 saturated heterocycles. The number of hydrogen-bond donors (Lipinski definition) is 3. The second-order valence-corrected chi connectivity index (χ2v) is 7.58. The van der Waals surface area contributed by atoms with E-state index >= 15 is 0 Å². The minimum atomic E-state index is -0.167. The predicted molar refractivity (Wildman–Crippen MR) is 117 cm³/mol. The average molecular weight is 421 g/mol. The normalized spacial score (nSPS) is 12.3. The van der Waals surface area contributed by atoms with Crippen LogP contribution in [-0.2, 0) is 0 Å². The van der Waals surface area contributed by atoms with Gasteiger partial charge < -0.3 is 15.4 Å². The van der Waals surface area contributed by atoms with Gasteiger partial charge in [0.1, 0.15) is 10.4 Å². The summed E-state index contributed by atoms with van der Waals surface area (Å²) in [5.74, 6) is 0.0939. The highest BCUT2D eigenvalue weighted by Gasteiger charge is 2.18. The molecule has 7 heteroatoms. The molecule has 4 aromatic rings.